The van der Waals surface area contributed by atoms with Crippen molar-refractivity contribution in [1.82, 2.24) is 0 Å². The summed E-state index contributed by atoms with van der Waals surface area (Å²) >= 11 is 0. The molecule has 1 aromatic rings. The van der Waals surface area contributed by atoms with Crippen molar-refractivity contribution >= 4 is 5.84 Å². The molecular formula is C10H10F4N2O2. The predicted molar refractivity (Wildman–Crippen MR) is 54.6 cm³/mol. The summed E-state index contributed by atoms with van der Waals surface area (Å²) in [6, 6.07) is 3.85. The summed E-state index contributed by atoms with van der Waals surface area (Å²) in [5.74, 6) is -1.35. The van der Waals surface area contributed by atoms with Crippen LogP contribution in [0.15, 0.2) is 23.4 Å². The summed E-state index contributed by atoms with van der Waals surface area (Å²) in [6.07, 6.45) is -4.47. The Morgan fingerprint density at radius 2 is 2.06 bits per heavy atom. The van der Waals surface area contributed by atoms with Gasteiger partial charge in [0.2, 0.25) is 0 Å². The Labute approximate surface area is 99.7 Å². The SMILES string of the molecule is N/C(=N/O)c1cccc(COCC(F)(F)F)c1F. The van der Waals surface area contributed by atoms with Gasteiger partial charge in [0.15, 0.2) is 5.84 Å². The van der Waals surface area contributed by atoms with Crippen LogP contribution in [-0.2, 0) is 11.3 Å². The summed E-state index contributed by atoms with van der Waals surface area (Å²) in [6.45, 7) is -2.03. The maximum Gasteiger partial charge on any atom is 0.411 e. The van der Waals surface area contributed by atoms with Gasteiger partial charge in [-0.3, -0.25) is 0 Å². The van der Waals surface area contributed by atoms with Gasteiger partial charge in [-0.05, 0) is 6.07 Å². The van der Waals surface area contributed by atoms with Crippen molar-refractivity contribution < 1.29 is 27.5 Å². The highest BCUT2D eigenvalue weighted by Crippen LogP contribution is 2.18. The van der Waals surface area contributed by atoms with Crippen LogP contribution in [0.2, 0.25) is 0 Å². The van der Waals surface area contributed by atoms with Gasteiger partial charge < -0.3 is 15.7 Å². The van der Waals surface area contributed by atoms with Crippen LogP contribution >= 0.6 is 0 Å². The predicted octanol–water partition coefficient (Wildman–Crippen LogP) is 2.00. The van der Waals surface area contributed by atoms with Crippen LogP contribution in [0.25, 0.3) is 0 Å². The zero-order valence-corrected chi connectivity index (χ0v) is 9.04. The number of halogens is 4. The van der Waals surface area contributed by atoms with E-state index in [1.165, 1.54) is 18.2 Å². The Morgan fingerprint density at radius 1 is 1.39 bits per heavy atom. The molecule has 0 bridgehead atoms. The second-order valence-electron chi connectivity index (χ2n) is 3.37. The Morgan fingerprint density at radius 3 is 2.61 bits per heavy atom. The molecule has 1 rings (SSSR count). The third kappa shape index (κ3) is 3.88. The number of rotatable bonds is 4. The van der Waals surface area contributed by atoms with Crippen LogP contribution in [0, 0.1) is 5.82 Å². The van der Waals surface area contributed by atoms with Crippen LogP contribution in [0.4, 0.5) is 17.6 Å². The number of alkyl halides is 3. The molecule has 4 nitrogen and oxygen atoms in total. The van der Waals surface area contributed by atoms with E-state index < -0.39 is 31.0 Å². The molecule has 1 aromatic carbocycles. The van der Waals surface area contributed by atoms with Crippen LogP contribution in [-0.4, -0.2) is 23.8 Å². The topological polar surface area (TPSA) is 67.8 Å². The Bertz CT molecular complexity index is 446. The summed E-state index contributed by atoms with van der Waals surface area (Å²) in [7, 11) is 0. The second kappa shape index (κ2) is 5.67. The lowest BCUT2D eigenvalue weighted by atomic mass is 10.1. The normalized spacial score (nSPS) is 12.8. The number of nitrogens with zero attached hydrogens (tertiary/aromatic N) is 1. The van der Waals surface area contributed by atoms with Gasteiger partial charge in [0, 0.05) is 5.56 Å². The summed E-state index contributed by atoms with van der Waals surface area (Å²) in [4.78, 5) is 0. The van der Waals surface area contributed by atoms with Crippen molar-refractivity contribution in [2.45, 2.75) is 12.8 Å². The fourth-order valence-corrected chi connectivity index (χ4v) is 1.22. The first kappa shape index (κ1) is 14.2. The lowest BCUT2D eigenvalue weighted by Crippen LogP contribution is -2.18. The fourth-order valence-electron chi connectivity index (χ4n) is 1.22. The monoisotopic (exact) mass is 266 g/mol. The molecule has 0 saturated heterocycles. The highest BCUT2D eigenvalue weighted by molar-refractivity contribution is 5.97. The summed E-state index contributed by atoms with van der Waals surface area (Å²) in [5.41, 5.74) is 4.89. The first-order valence-corrected chi connectivity index (χ1v) is 4.75. The second-order valence-corrected chi connectivity index (χ2v) is 3.37. The molecule has 0 heterocycles. The molecule has 0 fully saturated rings. The van der Waals surface area contributed by atoms with E-state index >= 15 is 0 Å². The molecule has 0 aliphatic rings. The number of hydrogen-bond donors (Lipinski definition) is 2. The third-order valence-corrected chi connectivity index (χ3v) is 1.99. The molecule has 0 spiro atoms. The number of oxime groups is 1. The van der Waals surface area contributed by atoms with E-state index in [4.69, 9.17) is 10.9 Å². The number of hydrogen-bond acceptors (Lipinski definition) is 3. The lowest BCUT2D eigenvalue weighted by Gasteiger charge is -2.09. The fraction of sp³-hybridized carbons (Fsp3) is 0.300. The molecule has 0 aliphatic heterocycles. The van der Waals surface area contributed by atoms with Gasteiger partial charge >= 0.3 is 6.18 Å². The molecule has 0 amide bonds. The van der Waals surface area contributed by atoms with Gasteiger partial charge in [-0.1, -0.05) is 17.3 Å². The maximum atomic E-state index is 13.7. The van der Waals surface area contributed by atoms with E-state index in [0.29, 0.717) is 0 Å². The maximum absolute atomic E-state index is 13.7. The molecule has 0 saturated carbocycles. The quantitative estimate of drug-likeness (QED) is 0.288. The average molecular weight is 266 g/mol. The van der Waals surface area contributed by atoms with E-state index in [1.54, 1.807) is 0 Å². The highest BCUT2D eigenvalue weighted by atomic mass is 19.4. The Kier molecular flexibility index (Phi) is 4.49. The van der Waals surface area contributed by atoms with Crippen LogP contribution in [0.5, 0.6) is 0 Å². The molecule has 0 aromatic heterocycles. The van der Waals surface area contributed by atoms with Gasteiger partial charge in [-0.15, -0.1) is 0 Å². The molecule has 0 radical (unpaired) electrons. The average Bonchev–Trinajstić information content (AvgIpc) is 2.29. The first-order chi connectivity index (χ1) is 8.35. The third-order valence-electron chi connectivity index (χ3n) is 1.99. The van der Waals surface area contributed by atoms with Crippen molar-refractivity contribution in [3.63, 3.8) is 0 Å². The van der Waals surface area contributed by atoms with E-state index in [9.17, 15) is 17.6 Å². The van der Waals surface area contributed by atoms with E-state index in [-0.39, 0.29) is 11.1 Å². The minimum Gasteiger partial charge on any atom is -0.409 e. The largest absolute Gasteiger partial charge is 0.411 e. The van der Waals surface area contributed by atoms with Crippen molar-refractivity contribution in [3.8, 4) is 0 Å². The number of amidine groups is 1. The molecule has 0 aliphatic carbocycles. The molecule has 0 unspecified atom stereocenters. The lowest BCUT2D eigenvalue weighted by molar-refractivity contribution is -0.176. The first-order valence-electron chi connectivity index (χ1n) is 4.75. The molecule has 18 heavy (non-hydrogen) atoms. The van der Waals surface area contributed by atoms with Crippen LogP contribution < -0.4 is 5.73 Å². The van der Waals surface area contributed by atoms with Crippen molar-refractivity contribution in [1.29, 1.82) is 0 Å². The van der Waals surface area contributed by atoms with E-state index in [1.807, 2.05) is 0 Å². The minimum absolute atomic E-state index is 0.108. The zero-order chi connectivity index (χ0) is 13.8. The molecule has 8 heteroatoms. The van der Waals surface area contributed by atoms with Gasteiger partial charge in [0.25, 0.3) is 0 Å². The van der Waals surface area contributed by atoms with Crippen LogP contribution in [0.3, 0.4) is 0 Å². The van der Waals surface area contributed by atoms with E-state index in [0.717, 1.165) is 0 Å². The smallest absolute Gasteiger partial charge is 0.409 e. The van der Waals surface area contributed by atoms with Gasteiger partial charge in [-0.25, -0.2) is 4.39 Å². The minimum atomic E-state index is -4.47. The van der Waals surface area contributed by atoms with Gasteiger partial charge in [0.05, 0.1) is 12.2 Å². The number of ether oxygens (including phenoxy) is 1. The van der Waals surface area contributed by atoms with Gasteiger partial charge in [0.1, 0.15) is 12.4 Å². The zero-order valence-electron chi connectivity index (χ0n) is 9.04. The summed E-state index contributed by atoms with van der Waals surface area (Å²) in [5, 5.41) is 11.0. The van der Waals surface area contributed by atoms with Crippen LogP contribution in [0.1, 0.15) is 11.1 Å². The molecule has 0 atom stereocenters. The molecule has 100 valence electrons. The standard InChI is InChI=1S/C10H10F4N2O2/c11-8-6(4-18-5-10(12,13)14)2-1-3-7(8)9(15)16-17/h1-3,17H,4-5H2,(H2,15,16). The Hall–Kier alpha value is -1.83. The molecule has 3 N–H and O–H groups in total. The number of benzene rings is 1. The Balaban J connectivity index is 2.79. The van der Waals surface area contributed by atoms with Crippen molar-refractivity contribution in [3.05, 3.63) is 35.1 Å². The van der Waals surface area contributed by atoms with E-state index in [2.05, 4.69) is 9.89 Å². The van der Waals surface area contributed by atoms with Crippen molar-refractivity contribution in [2.75, 3.05) is 6.61 Å². The molecular weight excluding hydrogens is 256 g/mol. The number of nitrogens with two attached hydrogens (primary N) is 1. The summed E-state index contributed by atoms with van der Waals surface area (Å²) < 4.78 is 53.5. The highest BCUT2D eigenvalue weighted by Gasteiger charge is 2.27. The van der Waals surface area contributed by atoms with Crippen molar-refractivity contribution in [2.24, 2.45) is 10.9 Å². The van der Waals surface area contributed by atoms with Gasteiger partial charge in [-0.2, -0.15) is 13.2 Å².